The van der Waals surface area contributed by atoms with Gasteiger partial charge in [0.15, 0.2) is 7.14 Å². The molecule has 1 nitrogen and oxygen atoms in total. The van der Waals surface area contributed by atoms with Crippen molar-refractivity contribution in [2.75, 3.05) is 0 Å². The van der Waals surface area contributed by atoms with E-state index in [-0.39, 0.29) is 5.82 Å². The third-order valence-electron chi connectivity index (χ3n) is 3.51. The van der Waals surface area contributed by atoms with Gasteiger partial charge in [0, 0.05) is 15.9 Å². The maximum Gasteiger partial charge on any atom is 0.171 e. The molecule has 0 aliphatic heterocycles. The van der Waals surface area contributed by atoms with E-state index in [4.69, 9.17) is 0 Å². The summed E-state index contributed by atoms with van der Waals surface area (Å²) in [6, 6.07) is 23.2. The first-order chi connectivity index (χ1) is 10.6. The van der Waals surface area contributed by atoms with Crippen LogP contribution in [0, 0.1) is 5.82 Å². The van der Waals surface area contributed by atoms with E-state index in [0.29, 0.717) is 9.78 Å². The monoisotopic (exact) mass is 374 g/mol. The SMILES string of the molecule is O=P(c1ccccc1)(c1ccccc1)c1ccc(F)c(Br)c1. The van der Waals surface area contributed by atoms with Crippen molar-refractivity contribution >= 4 is 39.0 Å². The van der Waals surface area contributed by atoms with E-state index in [0.717, 1.165) is 10.6 Å². The van der Waals surface area contributed by atoms with Gasteiger partial charge in [-0.2, -0.15) is 0 Å². The van der Waals surface area contributed by atoms with E-state index < -0.39 is 7.14 Å². The Morgan fingerprint density at radius 1 is 0.727 bits per heavy atom. The lowest BCUT2D eigenvalue weighted by Crippen LogP contribution is -2.25. The molecule has 22 heavy (non-hydrogen) atoms. The third kappa shape index (κ3) is 2.67. The Hall–Kier alpha value is -1.70. The van der Waals surface area contributed by atoms with Crippen molar-refractivity contribution in [3.8, 4) is 0 Å². The first-order valence-corrected chi connectivity index (χ1v) is 9.29. The fraction of sp³-hybridized carbons (Fsp3) is 0. The van der Waals surface area contributed by atoms with E-state index in [1.165, 1.54) is 6.07 Å². The molecule has 0 aliphatic rings. The van der Waals surface area contributed by atoms with Crippen molar-refractivity contribution in [1.82, 2.24) is 0 Å². The van der Waals surface area contributed by atoms with Crippen LogP contribution >= 0.6 is 23.1 Å². The summed E-state index contributed by atoms with van der Waals surface area (Å²) in [5.74, 6) is -0.364. The minimum Gasteiger partial charge on any atom is -0.309 e. The van der Waals surface area contributed by atoms with Crippen molar-refractivity contribution in [2.24, 2.45) is 0 Å². The number of hydrogen-bond acceptors (Lipinski definition) is 1. The Balaban J connectivity index is 2.28. The molecule has 0 fully saturated rings. The summed E-state index contributed by atoms with van der Waals surface area (Å²) in [6.45, 7) is 0. The molecular weight excluding hydrogens is 362 g/mol. The predicted octanol–water partition coefficient (Wildman–Crippen LogP) is 4.23. The molecule has 0 aromatic heterocycles. The van der Waals surface area contributed by atoms with Gasteiger partial charge in [-0.05, 0) is 34.1 Å². The summed E-state index contributed by atoms with van der Waals surface area (Å²) in [5, 5.41) is 2.08. The number of halogens is 2. The van der Waals surface area contributed by atoms with E-state index in [1.807, 2.05) is 60.7 Å². The van der Waals surface area contributed by atoms with Gasteiger partial charge in [0.25, 0.3) is 0 Å². The number of rotatable bonds is 3. The molecule has 0 spiro atoms. The van der Waals surface area contributed by atoms with Gasteiger partial charge in [-0.3, -0.25) is 0 Å². The Morgan fingerprint density at radius 2 is 1.23 bits per heavy atom. The van der Waals surface area contributed by atoms with Crippen LogP contribution in [-0.4, -0.2) is 0 Å². The Bertz CT molecular complexity index is 791. The first kappa shape index (κ1) is 15.2. The van der Waals surface area contributed by atoms with Gasteiger partial charge in [-0.1, -0.05) is 60.7 Å². The van der Waals surface area contributed by atoms with Crippen LogP contribution in [0.25, 0.3) is 0 Å². The van der Waals surface area contributed by atoms with Gasteiger partial charge >= 0.3 is 0 Å². The van der Waals surface area contributed by atoms with Gasteiger partial charge < -0.3 is 4.57 Å². The molecule has 3 aromatic rings. The molecule has 0 atom stereocenters. The van der Waals surface area contributed by atoms with E-state index in [9.17, 15) is 8.96 Å². The van der Waals surface area contributed by atoms with Gasteiger partial charge in [-0.25, -0.2) is 4.39 Å². The normalized spacial score (nSPS) is 11.4. The quantitative estimate of drug-likeness (QED) is 0.627. The highest BCUT2D eigenvalue weighted by Gasteiger charge is 2.29. The van der Waals surface area contributed by atoms with Crippen molar-refractivity contribution in [2.45, 2.75) is 0 Å². The lowest BCUT2D eigenvalue weighted by Gasteiger charge is -2.20. The smallest absolute Gasteiger partial charge is 0.171 e. The number of hydrogen-bond donors (Lipinski definition) is 0. The van der Waals surface area contributed by atoms with Crippen molar-refractivity contribution in [1.29, 1.82) is 0 Å². The average Bonchev–Trinajstić information content (AvgIpc) is 2.58. The van der Waals surface area contributed by atoms with Crippen molar-refractivity contribution in [3.63, 3.8) is 0 Å². The average molecular weight is 375 g/mol. The van der Waals surface area contributed by atoms with Crippen LogP contribution in [0.15, 0.2) is 83.3 Å². The molecule has 0 bridgehead atoms. The highest BCUT2D eigenvalue weighted by molar-refractivity contribution is 9.10. The van der Waals surface area contributed by atoms with Crippen molar-refractivity contribution in [3.05, 3.63) is 89.2 Å². The topological polar surface area (TPSA) is 17.1 Å². The molecule has 0 N–H and O–H groups in total. The summed E-state index contributed by atoms with van der Waals surface area (Å²) in [7, 11) is -3.02. The summed E-state index contributed by atoms with van der Waals surface area (Å²) in [6.07, 6.45) is 0. The van der Waals surface area contributed by atoms with Gasteiger partial charge in [-0.15, -0.1) is 0 Å². The molecule has 110 valence electrons. The second-order valence-electron chi connectivity index (χ2n) is 4.88. The molecule has 0 unspecified atom stereocenters. The van der Waals surface area contributed by atoms with E-state index in [2.05, 4.69) is 15.9 Å². The zero-order chi connectivity index (χ0) is 15.6. The Morgan fingerprint density at radius 3 is 1.68 bits per heavy atom. The van der Waals surface area contributed by atoms with Crippen LogP contribution in [0.1, 0.15) is 0 Å². The van der Waals surface area contributed by atoms with Crippen LogP contribution in [-0.2, 0) is 4.57 Å². The third-order valence-corrected chi connectivity index (χ3v) is 7.17. The van der Waals surface area contributed by atoms with Crippen molar-refractivity contribution < 1.29 is 8.96 Å². The summed E-state index contributed by atoms with van der Waals surface area (Å²) < 4.78 is 27.8. The lowest BCUT2D eigenvalue weighted by atomic mass is 10.3. The van der Waals surface area contributed by atoms with Gasteiger partial charge in [0.05, 0.1) is 4.47 Å². The molecule has 4 heteroatoms. The second-order valence-corrected chi connectivity index (χ2v) is 8.50. The standard InChI is InChI=1S/C18H13BrFOP/c19-17-13-16(11-12-18(17)20)22(21,14-7-3-1-4-8-14)15-9-5-2-6-10-15/h1-13H. The largest absolute Gasteiger partial charge is 0.309 e. The summed E-state index contributed by atoms with van der Waals surface area (Å²) >= 11 is 3.19. The van der Waals surface area contributed by atoms with Gasteiger partial charge in [0.1, 0.15) is 5.82 Å². The van der Waals surface area contributed by atoms with Crippen LogP contribution < -0.4 is 15.9 Å². The fourth-order valence-electron chi connectivity index (χ4n) is 2.40. The molecule has 3 aromatic carbocycles. The molecule has 3 rings (SSSR count). The maximum atomic E-state index is 13.9. The molecule has 0 aliphatic carbocycles. The molecule has 0 saturated carbocycles. The Kier molecular flexibility index (Phi) is 4.28. The zero-order valence-electron chi connectivity index (χ0n) is 11.6. The van der Waals surface area contributed by atoms with Crippen LogP contribution in [0.3, 0.4) is 0 Å². The van der Waals surface area contributed by atoms with E-state index >= 15 is 0 Å². The fourth-order valence-corrected chi connectivity index (χ4v) is 5.63. The van der Waals surface area contributed by atoms with Crippen LogP contribution in [0.2, 0.25) is 0 Å². The van der Waals surface area contributed by atoms with Gasteiger partial charge in [0.2, 0.25) is 0 Å². The maximum absolute atomic E-state index is 13.9. The molecule has 0 amide bonds. The molecular formula is C18H13BrFOP. The summed E-state index contributed by atoms with van der Waals surface area (Å²) in [5.41, 5.74) is 0. The zero-order valence-corrected chi connectivity index (χ0v) is 14.1. The Labute approximate surface area is 137 Å². The lowest BCUT2D eigenvalue weighted by molar-refractivity contribution is 0.592. The summed E-state index contributed by atoms with van der Waals surface area (Å²) in [4.78, 5) is 0. The second kappa shape index (κ2) is 6.20. The van der Waals surface area contributed by atoms with E-state index in [1.54, 1.807) is 12.1 Å². The number of benzene rings is 3. The molecule has 0 radical (unpaired) electrons. The minimum absolute atomic E-state index is 0.317. The van der Waals surface area contributed by atoms with Crippen LogP contribution in [0.5, 0.6) is 0 Å². The predicted molar refractivity (Wildman–Crippen MR) is 93.5 cm³/mol. The first-order valence-electron chi connectivity index (χ1n) is 6.79. The highest BCUT2D eigenvalue weighted by atomic mass is 79.9. The highest BCUT2D eigenvalue weighted by Crippen LogP contribution is 2.42. The van der Waals surface area contributed by atoms with Crippen LogP contribution in [0.4, 0.5) is 4.39 Å². The molecule has 0 saturated heterocycles. The minimum atomic E-state index is -3.02. The molecule has 0 heterocycles.